The molecule has 0 aromatic heterocycles. The fourth-order valence-electron chi connectivity index (χ4n) is 3.96. The van der Waals surface area contributed by atoms with Crippen LogP contribution in [0.4, 0.5) is 0 Å². The van der Waals surface area contributed by atoms with Gasteiger partial charge in [-0.05, 0) is 63.1 Å². The van der Waals surface area contributed by atoms with Crippen molar-refractivity contribution in [3.05, 3.63) is 23.8 Å². The number of methoxy groups -OCH3 is 1. The summed E-state index contributed by atoms with van der Waals surface area (Å²) < 4.78 is 22.8. The van der Waals surface area contributed by atoms with Gasteiger partial charge in [0.2, 0.25) is 0 Å². The van der Waals surface area contributed by atoms with Crippen molar-refractivity contribution in [3.8, 4) is 11.5 Å². The summed E-state index contributed by atoms with van der Waals surface area (Å²) in [5.74, 6) is 3.00. The summed E-state index contributed by atoms with van der Waals surface area (Å²) in [5.41, 5.74) is 1.10. The molecule has 0 bridgehead atoms. The predicted molar refractivity (Wildman–Crippen MR) is 123 cm³/mol. The Balaban J connectivity index is 1.44. The molecule has 1 heterocycles. The van der Waals surface area contributed by atoms with Crippen LogP contribution in [0.25, 0.3) is 0 Å². The van der Waals surface area contributed by atoms with Gasteiger partial charge >= 0.3 is 0 Å². The largest absolute Gasteiger partial charge is 0.493 e. The monoisotopic (exact) mass is 433 g/mol. The molecule has 3 rings (SSSR count). The lowest BCUT2D eigenvalue weighted by atomic mass is 10.1. The third-order valence-corrected chi connectivity index (χ3v) is 5.72. The molecular weight excluding hydrogens is 394 g/mol. The van der Waals surface area contributed by atoms with Gasteiger partial charge in [-0.2, -0.15) is 0 Å². The van der Waals surface area contributed by atoms with Crippen molar-refractivity contribution in [2.45, 2.75) is 58.1 Å². The Morgan fingerprint density at radius 2 is 2.03 bits per heavy atom. The summed E-state index contributed by atoms with van der Waals surface area (Å²) in [6, 6.07) is 6.08. The Hall–Kier alpha value is -1.99. The van der Waals surface area contributed by atoms with Gasteiger partial charge < -0.3 is 29.6 Å². The molecule has 1 atom stereocenters. The first-order chi connectivity index (χ1) is 15.3. The summed E-state index contributed by atoms with van der Waals surface area (Å²) in [4.78, 5) is 4.73. The van der Waals surface area contributed by atoms with Gasteiger partial charge in [0.15, 0.2) is 17.5 Å². The normalized spacial score (nSPS) is 19.5. The van der Waals surface area contributed by atoms with Crippen LogP contribution >= 0.6 is 0 Å². The lowest BCUT2D eigenvalue weighted by molar-refractivity contribution is 0.0888. The number of guanidine groups is 1. The van der Waals surface area contributed by atoms with Crippen molar-refractivity contribution in [2.24, 2.45) is 10.9 Å². The number of rotatable bonds is 12. The summed E-state index contributed by atoms with van der Waals surface area (Å²) >= 11 is 0. The zero-order valence-electron chi connectivity index (χ0n) is 19.2. The fraction of sp³-hybridized carbons (Fsp3) is 0.708. The third kappa shape index (κ3) is 8.22. The Morgan fingerprint density at radius 3 is 2.77 bits per heavy atom. The van der Waals surface area contributed by atoms with Crippen molar-refractivity contribution in [1.82, 2.24) is 10.6 Å². The number of ether oxygens (including phenoxy) is 4. The van der Waals surface area contributed by atoms with Gasteiger partial charge in [0.05, 0.1) is 33.0 Å². The van der Waals surface area contributed by atoms with E-state index in [2.05, 4.69) is 23.6 Å². The molecule has 7 heteroatoms. The van der Waals surface area contributed by atoms with E-state index < -0.39 is 0 Å². The smallest absolute Gasteiger partial charge is 0.191 e. The molecule has 0 amide bonds. The Bertz CT molecular complexity index is 671. The maximum atomic E-state index is 6.21. The van der Waals surface area contributed by atoms with Crippen molar-refractivity contribution in [2.75, 3.05) is 46.6 Å². The van der Waals surface area contributed by atoms with E-state index in [1.807, 2.05) is 12.1 Å². The van der Waals surface area contributed by atoms with E-state index in [-0.39, 0.29) is 0 Å². The molecule has 174 valence electrons. The number of nitrogens with one attached hydrogen (secondary N) is 2. The number of nitrogens with zero attached hydrogens (tertiary/aromatic N) is 1. The van der Waals surface area contributed by atoms with E-state index in [0.717, 1.165) is 88.2 Å². The van der Waals surface area contributed by atoms with Gasteiger partial charge in [0.1, 0.15) is 0 Å². The first-order valence-electron chi connectivity index (χ1n) is 11.8. The van der Waals surface area contributed by atoms with Gasteiger partial charge in [0, 0.05) is 32.2 Å². The second-order valence-corrected chi connectivity index (χ2v) is 8.29. The zero-order valence-corrected chi connectivity index (χ0v) is 19.2. The molecule has 0 spiro atoms. The summed E-state index contributed by atoms with van der Waals surface area (Å²) in [6.07, 6.45) is 7.10. The quantitative estimate of drug-likeness (QED) is 0.299. The maximum absolute atomic E-state index is 6.21. The van der Waals surface area contributed by atoms with E-state index in [9.17, 15) is 0 Å². The van der Waals surface area contributed by atoms with Crippen molar-refractivity contribution < 1.29 is 18.9 Å². The van der Waals surface area contributed by atoms with Crippen LogP contribution in [-0.2, 0) is 16.0 Å². The molecule has 1 aromatic rings. The van der Waals surface area contributed by atoms with E-state index in [1.54, 1.807) is 7.11 Å². The minimum Gasteiger partial charge on any atom is -0.493 e. The number of benzene rings is 1. The van der Waals surface area contributed by atoms with Gasteiger partial charge in [-0.25, -0.2) is 4.99 Å². The highest BCUT2D eigenvalue weighted by Crippen LogP contribution is 2.32. The topological polar surface area (TPSA) is 73.3 Å². The zero-order chi connectivity index (χ0) is 21.7. The third-order valence-electron chi connectivity index (χ3n) is 5.72. The fourth-order valence-corrected chi connectivity index (χ4v) is 3.96. The van der Waals surface area contributed by atoms with Crippen LogP contribution in [0, 0.1) is 5.92 Å². The second kappa shape index (κ2) is 13.4. The number of hydrogen-bond acceptors (Lipinski definition) is 5. The Kier molecular flexibility index (Phi) is 10.3. The minimum absolute atomic E-state index is 0.301. The molecule has 1 aromatic carbocycles. The van der Waals surface area contributed by atoms with E-state index >= 15 is 0 Å². The highest BCUT2D eigenvalue weighted by Gasteiger charge is 2.18. The Labute approximate surface area is 186 Å². The van der Waals surface area contributed by atoms with Crippen molar-refractivity contribution >= 4 is 5.96 Å². The lowest BCUT2D eigenvalue weighted by Gasteiger charge is -2.17. The van der Waals surface area contributed by atoms with Crippen LogP contribution in [0.1, 0.15) is 51.0 Å². The molecule has 1 aliphatic heterocycles. The highest BCUT2D eigenvalue weighted by molar-refractivity contribution is 5.79. The summed E-state index contributed by atoms with van der Waals surface area (Å²) in [7, 11) is 1.69. The van der Waals surface area contributed by atoms with Crippen LogP contribution in [0.2, 0.25) is 0 Å². The summed E-state index contributed by atoms with van der Waals surface area (Å²) in [6.45, 7) is 7.58. The Morgan fingerprint density at radius 1 is 1.16 bits per heavy atom. The molecule has 2 N–H and O–H groups in total. The standard InChI is InChI=1S/C24H39N3O4/c1-3-25-24(26-12-6-13-29-17-20-11-14-30-18-20)27-16-19-9-10-22(28-2)23(15-19)31-21-7-4-5-8-21/h9-10,15,20-21H,3-8,11-14,16-18H2,1-2H3,(H2,25,26,27). The predicted octanol–water partition coefficient (Wildman–Crippen LogP) is 3.51. The molecular formula is C24H39N3O4. The first-order valence-corrected chi connectivity index (χ1v) is 11.8. The second-order valence-electron chi connectivity index (χ2n) is 8.29. The highest BCUT2D eigenvalue weighted by atomic mass is 16.5. The number of aliphatic imine (C=N–C) groups is 1. The van der Waals surface area contributed by atoms with Crippen LogP contribution in [0.15, 0.2) is 23.2 Å². The van der Waals surface area contributed by atoms with Gasteiger partial charge in [0.25, 0.3) is 0 Å². The average Bonchev–Trinajstić information content (AvgIpc) is 3.49. The van der Waals surface area contributed by atoms with Gasteiger partial charge in [-0.3, -0.25) is 0 Å². The molecule has 1 unspecified atom stereocenters. The molecule has 31 heavy (non-hydrogen) atoms. The molecule has 2 fully saturated rings. The van der Waals surface area contributed by atoms with E-state index in [0.29, 0.717) is 18.6 Å². The van der Waals surface area contributed by atoms with Crippen LogP contribution in [0.3, 0.4) is 0 Å². The van der Waals surface area contributed by atoms with Crippen LogP contribution in [0.5, 0.6) is 11.5 Å². The van der Waals surface area contributed by atoms with Gasteiger partial charge in [-0.1, -0.05) is 6.07 Å². The molecule has 2 aliphatic rings. The molecule has 1 saturated carbocycles. The molecule has 0 radical (unpaired) electrons. The molecule has 1 aliphatic carbocycles. The minimum atomic E-state index is 0.301. The van der Waals surface area contributed by atoms with E-state index in [1.165, 1.54) is 12.8 Å². The maximum Gasteiger partial charge on any atom is 0.191 e. The van der Waals surface area contributed by atoms with Crippen LogP contribution < -0.4 is 20.1 Å². The number of hydrogen-bond donors (Lipinski definition) is 2. The first kappa shape index (κ1) is 23.7. The van der Waals surface area contributed by atoms with Crippen molar-refractivity contribution in [1.29, 1.82) is 0 Å². The van der Waals surface area contributed by atoms with Crippen LogP contribution in [-0.4, -0.2) is 58.7 Å². The molecule has 7 nitrogen and oxygen atoms in total. The lowest BCUT2D eigenvalue weighted by Crippen LogP contribution is -2.38. The average molecular weight is 434 g/mol. The summed E-state index contributed by atoms with van der Waals surface area (Å²) in [5, 5.41) is 6.70. The van der Waals surface area contributed by atoms with Crippen molar-refractivity contribution in [3.63, 3.8) is 0 Å². The van der Waals surface area contributed by atoms with Gasteiger partial charge in [-0.15, -0.1) is 0 Å². The SMILES string of the molecule is CCNC(=NCc1ccc(OC)c(OC2CCCC2)c1)NCCCOCC1CCOC1. The van der Waals surface area contributed by atoms with E-state index in [4.69, 9.17) is 23.9 Å². The molecule has 1 saturated heterocycles.